The molecular formula is C24H28N8O2. The van der Waals surface area contributed by atoms with Crippen LogP contribution in [0.3, 0.4) is 0 Å². The minimum absolute atomic E-state index is 0.226. The molecule has 3 aromatic heterocycles. The molecule has 0 bridgehead atoms. The van der Waals surface area contributed by atoms with Gasteiger partial charge in [0.1, 0.15) is 5.82 Å². The molecule has 1 fully saturated rings. The average Bonchev–Trinajstić information content (AvgIpc) is 3.52. The smallest absolute Gasteiger partial charge is 0.271 e. The number of amides is 1. The zero-order valence-corrected chi connectivity index (χ0v) is 19.4. The molecule has 1 aromatic carbocycles. The van der Waals surface area contributed by atoms with E-state index in [-0.39, 0.29) is 5.91 Å². The van der Waals surface area contributed by atoms with E-state index in [4.69, 9.17) is 14.8 Å². The summed E-state index contributed by atoms with van der Waals surface area (Å²) in [7, 11) is 1.84. The van der Waals surface area contributed by atoms with E-state index in [1.54, 1.807) is 15.3 Å². The molecule has 10 heteroatoms. The van der Waals surface area contributed by atoms with Crippen LogP contribution in [0.15, 0.2) is 48.7 Å². The summed E-state index contributed by atoms with van der Waals surface area (Å²) < 4.78 is 9.03. The van der Waals surface area contributed by atoms with Gasteiger partial charge in [-0.15, -0.1) is 0 Å². The van der Waals surface area contributed by atoms with Crippen molar-refractivity contribution >= 4 is 17.4 Å². The first-order valence-electron chi connectivity index (χ1n) is 11.4. The van der Waals surface area contributed by atoms with Crippen molar-refractivity contribution in [2.24, 2.45) is 0 Å². The van der Waals surface area contributed by atoms with E-state index in [1.165, 1.54) is 5.56 Å². The minimum atomic E-state index is -0.226. The van der Waals surface area contributed by atoms with Gasteiger partial charge >= 0.3 is 0 Å². The van der Waals surface area contributed by atoms with Crippen LogP contribution in [0.25, 0.3) is 22.7 Å². The Balaban J connectivity index is 1.54. The summed E-state index contributed by atoms with van der Waals surface area (Å²) >= 11 is 0. The van der Waals surface area contributed by atoms with Crippen molar-refractivity contribution < 1.29 is 9.53 Å². The van der Waals surface area contributed by atoms with Crippen LogP contribution in [-0.2, 0) is 4.74 Å². The third kappa shape index (κ3) is 4.50. The van der Waals surface area contributed by atoms with Crippen LogP contribution in [0.2, 0.25) is 0 Å². The number of nitrogens with one attached hydrogen (secondary N) is 2. The average molecular weight is 461 g/mol. The molecule has 0 saturated carbocycles. The van der Waals surface area contributed by atoms with E-state index < -0.39 is 0 Å². The monoisotopic (exact) mass is 460 g/mol. The number of anilines is 1. The Morgan fingerprint density at radius 2 is 1.94 bits per heavy atom. The number of carbonyl (C=O) groups is 1. The number of benzene rings is 1. The lowest BCUT2D eigenvalue weighted by atomic mass is 10.1. The SMILES string of the molecule is CNCCNC(=O)c1cc2nc(-n3ccc(-c4cccc(C)c4)n3)cc(N3CCOCC3)n2n1. The third-order valence-corrected chi connectivity index (χ3v) is 5.76. The first-order chi connectivity index (χ1) is 16.6. The highest BCUT2D eigenvalue weighted by atomic mass is 16.5. The molecule has 1 saturated heterocycles. The Morgan fingerprint density at radius 1 is 1.09 bits per heavy atom. The molecule has 34 heavy (non-hydrogen) atoms. The molecule has 0 spiro atoms. The van der Waals surface area contributed by atoms with Crippen LogP contribution >= 0.6 is 0 Å². The summed E-state index contributed by atoms with van der Waals surface area (Å²) in [6.45, 7) is 6.01. The second-order valence-corrected chi connectivity index (χ2v) is 8.25. The molecule has 10 nitrogen and oxygen atoms in total. The highest BCUT2D eigenvalue weighted by Crippen LogP contribution is 2.23. The number of hydrogen-bond acceptors (Lipinski definition) is 7. The largest absolute Gasteiger partial charge is 0.378 e. The Kier molecular flexibility index (Phi) is 6.24. The van der Waals surface area contributed by atoms with Gasteiger partial charge in [-0.05, 0) is 26.1 Å². The molecule has 0 aliphatic carbocycles. The fourth-order valence-electron chi connectivity index (χ4n) is 3.99. The highest BCUT2D eigenvalue weighted by Gasteiger charge is 2.20. The molecule has 1 aliphatic rings. The maximum Gasteiger partial charge on any atom is 0.271 e. The predicted molar refractivity (Wildman–Crippen MR) is 130 cm³/mol. The van der Waals surface area contributed by atoms with Crippen molar-refractivity contribution in [1.82, 2.24) is 35.0 Å². The Labute approximate surface area is 197 Å². The maximum atomic E-state index is 12.6. The topological polar surface area (TPSA) is 102 Å². The number of morpholine rings is 1. The standard InChI is InChI=1S/C24H28N8O2/c1-17-4-3-5-18(14-17)19-6-9-31(28-19)21-16-23(30-10-12-34-13-11-30)32-22(27-21)15-20(29-32)24(33)26-8-7-25-2/h3-6,9,14-16,25H,7-8,10-13H2,1-2H3,(H,26,33). The molecule has 1 aliphatic heterocycles. The van der Waals surface area contributed by atoms with Gasteiger partial charge in [0, 0.05) is 50.1 Å². The minimum Gasteiger partial charge on any atom is -0.378 e. The Morgan fingerprint density at radius 3 is 2.74 bits per heavy atom. The summed E-state index contributed by atoms with van der Waals surface area (Å²) in [6, 6.07) is 13.9. The third-order valence-electron chi connectivity index (χ3n) is 5.76. The molecule has 176 valence electrons. The lowest BCUT2D eigenvalue weighted by molar-refractivity contribution is 0.0948. The quantitative estimate of drug-likeness (QED) is 0.405. The summed E-state index contributed by atoms with van der Waals surface area (Å²) in [5.74, 6) is 1.29. The van der Waals surface area contributed by atoms with Crippen LogP contribution in [0.1, 0.15) is 16.1 Å². The summed E-state index contributed by atoms with van der Waals surface area (Å²) in [4.78, 5) is 19.6. The molecule has 5 rings (SSSR count). The van der Waals surface area contributed by atoms with Gasteiger partial charge in [-0.3, -0.25) is 4.79 Å². The van der Waals surface area contributed by atoms with Crippen molar-refractivity contribution in [3.05, 3.63) is 59.9 Å². The number of likely N-dealkylation sites (N-methyl/N-ethyl adjacent to an activating group) is 1. The van der Waals surface area contributed by atoms with E-state index in [0.29, 0.717) is 43.5 Å². The first kappa shape index (κ1) is 22.1. The van der Waals surface area contributed by atoms with E-state index in [2.05, 4.69) is 39.7 Å². The fraction of sp³-hybridized carbons (Fsp3) is 0.333. The second kappa shape index (κ2) is 9.62. The molecule has 1 amide bonds. The normalized spacial score (nSPS) is 14.0. The van der Waals surface area contributed by atoms with Crippen molar-refractivity contribution in [3.8, 4) is 17.1 Å². The number of fused-ring (bicyclic) bond motifs is 1. The number of hydrogen-bond donors (Lipinski definition) is 2. The first-order valence-corrected chi connectivity index (χ1v) is 11.4. The van der Waals surface area contributed by atoms with Gasteiger partial charge in [0.05, 0.1) is 18.9 Å². The zero-order chi connectivity index (χ0) is 23.5. The lowest BCUT2D eigenvalue weighted by Gasteiger charge is -2.29. The fourth-order valence-corrected chi connectivity index (χ4v) is 3.99. The zero-order valence-electron chi connectivity index (χ0n) is 19.4. The van der Waals surface area contributed by atoms with Crippen LogP contribution < -0.4 is 15.5 Å². The van der Waals surface area contributed by atoms with Gasteiger partial charge in [-0.1, -0.05) is 23.8 Å². The van der Waals surface area contributed by atoms with Crippen molar-refractivity contribution in [3.63, 3.8) is 0 Å². The lowest BCUT2D eigenvalue weighted by Crippen LogP contribution is -2.37. The van der Waals surface area contributed by atoms with Crippen molar-refractivity contribution in [1.29, 1.82) is 0 Å². The maximum absolute atomic E-state index is 12.6. The van der Waals surface area contributed by atoms with Crippen LogP contribution in [0.5, 0.6) is 0 Å². The second-order valence-electron chi connectivity index (χ2n) is 8.25. The molecule has 2 N–H and O–H groups in total. The molecule has 0 radical (unpaired) electrons. The van der Waals surface area contributed by atoms with Crippen molar-refractivity contribution in [2.45, 2.75) is 6.92 Å². The van der Waals surface area contributed by atoms with Gasteiger partial charge in [0.2, 0.25) is 0 Å². The number of aromatic nitrogens is 5. The number of carbonyl (C=O) groups excluding carboxylic acids is 1. The summed E-state index contributed by atoms with van der Waals surface area (Å²) in [5, 5.41) is 15.2. The summed E-state index contributed by atoms with van der Waals surface area (Å²) in [6.07, 6.45) is 1.90. The van der Waals surface area contributed by atoms with E-state index >= 15 is 0 Å². The van der Waals surface area contributed by atoms with Crippen molar-refractivity contribution in [2.75, 3.05) is 51.3 Å². The van der Waals surface area contributed by atoms with E-state index in [0.717, 1.165) is 30.2 Å². The number of rotatable bonds is 7. The molecule has 0 unspecified atom stereocenters. The number of nitrogens with zero attached hydrogens (tertiary/aromatic N) is 6. The molecule has 4 heterocycles. The molecule has 0 atom stereocenters. The molecule has 4 aromatic rings. The van der Waals surface area contributed by atoms with Crippen LogP contribution in [0, 0.1) is 6.92 Å². The number of ether oxygens (including phenoxy) is 1. The van der Waals surface area contributed by atoms with Gasteiger partial charge in [-0.2, -0.15) is 14.7 Å². The van der Waals surface area contributed by atoms with E-state index in [1.807, 2.05) is 37.5 Å². The molecular weight excluding hydrogens is 432 g/mol. The van der Waals surface area contributed by atoms with Gasteiger partial charge in [0.15, 0.2) is 17.2 Å². The number of aryl methyl sites for hydroxylation is 1. The predicted octanol–water partition coefficient (Wildman–Crippen LogP) is 1.68. The van der Waals surface area contributed by atoms with E-state index in [9.17, 15) is 4.79 Å². The van der Waals surface area contributed by atoms with Crippen LogP contribution in [-0.4, -0.2) is 76.7 Å². The Hall–Kier alpha value is -3.76. The highest BCUT2D eigenvalue weighted by molar-refractivity contribution is 5.93. The van der Waals surface area contributed by atoms with Gasteiger partial charge < -0.3 is 20.3 Å². The van der Waals surface area contributed by atoms with Gasteiger partial charge in [0.25, 0.3) is 5.91 Å². The Bertz CT molecular complexity index is 1310. The van der Waals surface area contributed by atoms with Gasteiger partial charge in [-0.25, -0.2) is 9.67 Å². The summed E-state index contributed by atoms with van der Waals surface area (Å²) in [5.41, 5.74) is 4.03. The van der Waals surface area contributed by atoms with Crippen LogP contribution in [0.4, 0.5) is 5.82 Å².